The van der Waals surface area contributed by atoms with Gasteiger partial charge in [0.1, 0.15) is 11.5 Å². The molecule has 3 N–H and O–H groups in total. The lowest BCUT2D eigenvalue weighted by Crippen LogP contribution is -2.49. The second-order valence-corrected chi connectivity index (χ2v) is 6.42. The molecule has 0 bridgehead atoms. The van der Waals surface area contributed by atoms with Crippen LogP contribution in [0.15, 0.2) is 48.5 Å². The second-order valence-electron chi connectivity index (χ2n) is 5.58. The van der Waals surface area contributed by atoms with Crippen molar-refractivity contribution in [3.8, 4) is 11.5 Å². The third kappa shape index (κ3) is 7.42. The maximum Gasteiger partial charge on any atom is 0.276 e. The van der Waals surface area contributed by atoms with Crippen LogP contribution in [0.5, 0.6) is 11.5 Å². The smallest absolute Gasteiger partial charge is 0.276 e. The van der Waals surface area contributed by atoms with Crippen molar-refractivity contribution in [1.29, 1.82) is 0 Å². The van der Waals surface area contributed by atoms with E-state index in [9.17, 15) is 9.59 Å². The molecule has 0 aliphatic heterocycles. The lowest BCUT2D eigenvalue weighted by atomic mass is 10.2. The third-order valence-electron chi connectivity index (χ3n) is 3.30. The Morgan fingerprint density at radius 2 is 1.79 bits per heavy atom. The number of amides is 2. The van der Waals surface area contributed by atoms with E-state index in [4.69, 9.17) is 33.3 Å². The van der Waals surface area contributed by atoms with Crippen LogP contribution in [0.3, 0.4) is 0 Å². The van der Waals surface area contributed by atoms with Crippen molar-refractivity contribution in [3.63, 3.8) is 0 Å². The second kappa shape index (κ2) is 11.1. The van der Waals surface area contributed by atoms with Gasteiger partial charge in [-0.1, -0.05) is 24.6 Å². The number of carbonyl (C=O) groups is 2. The molecule has 0 atom stereocenters. The molecule has 0 saturated heterocycles. The summed E-state index contributed by atoms with van der Waals surface area (Å²) in [6, 6.07) is 13.3. The summed E-state index contributed by atoms with van der Waals surface area (Å²) < 4.78 is 10.8. The van der Waals surface area contributed by atoms with Gasteiger partial charge in [0.05, 0.1) is 6.61 Å². The van der Waals surface area contributed by atoms with Crippen LogP contribution in [0.2, 0.25) is 5.02 Å². The van der Waals surface area contributed by atoms with Gasteiger partial charge in [-0.3, -0.25) is 25.8 Å². The fraction of sp³-hybridized carbons (Fsp3) is 0.211. The molecule has 0 heterocycles. The average molecular weight is 422 g/mol. The molecule has 7 nitrogen and oxygen atoms in total. The minimum atomic E-state index is -0.471. The number of hydrogen-bond acceptors (Lipinski definition) is 5. The summed E-state index contributed by atoms with van der Waals surface area (Å²) in [7, 11) is 0. The van der Waals surface area contributed by atoms with E-state index in [2.05, 4.69) is 16.2 Å². The van der Waals surface area contributed by atoms with Crippen LogP contribution in [0.25, 0.3) is 0 Å². The molecular formula is C19H20ClN3O4S. The van der Waals surface area contributed by atoms with E-state index in [-0.39, 0.29) is 11.7 Å². The molecular weight excluding hydrogens is 402 g/mol. The molecule has 148 valence electrons. The molecule has 0 saturated carbocycles. The number of halogens is 1. The molecule has 2 aromatic rings. The molecule has 0 radical (unpaired) electrons. The number of hydrazine groups is 1. The topological polar surface area (TPSA) is 88.7 Å². The highest BCUT2D eigenvalue weighted by atomic mass is 35.5. The Morgan fingerprint density at radius 1 is 1.04 bits per heavy atom. The predicted octanol–water partition coefficient (Wildman–Crippen LogP) is 2.84. The highest BCUT2D eigenvalue weighted by Crippen LogP contribution is 2.15. The predicted molar refractivity (Wildman–Crippen MR) is 111 cm³/mol. The van der Waals surface area contributed by atoms with E-state index in [1.54, 1.807) is 48.5 Å². The van der Waals surface area contributed by atoms with Gasteiger partial charge in [-0.2, -0.15) is 0 Å². The molecule has 9 heteroatoms. The SMILES string of the molecule is CCCOc1cccc(C(=O)NC(=S)NNC(=O)COc2ccc(Cl)cc2)c1. The van der Waals surface area contributed by atoms with Crippen LogP contribution in [-0.2, 0) is 4.79 Å². The fourth-order valence-corrected chi connectivity index (χ4v) is 2.27. The Balaban J connectivity index is 1.74. The van der Waals surface area contributed by atoms with Gasteiger partial charge in [-0.05, 0) is 61.1 Å². The number of nitrogens with one attached hydrogen (secondary N) is 3. The van der Waals surface area contributed by atoms with E-state index in [0.29, 0.717) is 28.7 Å². The Labute approximate surface area is 173 Å². The van der Waals surface area contributed by atoms with Crippen molar-refractivity contribution >= 4 is 40.7 Å². The standard InChI is InChI=1S/C19H20ClN3O4S/c1-2-10-26-16-5-3-4-13(11-16)18(25)21-19(28)23-22-17(24)12-27-15-8-6-14(20)7-9-15/h3-9,11H,2,10,12H2,1H3,(H,22,24)(H2,21,23,25,28). The molecule has 0 aliphatic carbocycles. The quantitative estimate of drug-likeness (QED) is 0.470. The van der Waals surface area contributed by atoms with Crippen molar-refractivity contribution in [1.82, 2.24) is 16.2 Å². The lowest BCUT2D eigenvalue weighted by molar-refractivity contribution is -0.123. The summed E-state index contributed by atoms with van der Waals surface area (Å²) in [5, 5.41) is 2.99. The zero-order valence-electron chi connectivity index (χ0n) is 15.2. The Hall–Kier alpha value is -2.84. The number of thiocarbonyl (C=S) groups is 1. The fourth-order valence-electron chi connectivity index (χ4n) is 2.00. The van der Waals surface area contributed by atoms with Crippen LogP contribution in [0.4, 0.5) is 0 Å². The van der Waals surface area contributed by atoms with Crippen LogP contribution < -0.4 is 25.6 Å². The first-order valence-corrected chi connectivity index (χ1v) is 9.28. The molecule has 0 aliphatic rings. The van der Waals surface area contributed by atoms with Gasteiger partial charge in [0.25, 0.3) is 11.8 Å². The monoisotopic (exact) mass is 421 g/mol. The minimum Gasteiger partial charge on any atom is -0.494 e. The van der Waals surface area contributed by atoms with Crippen molar-refractivity contribution in [2.45, 2.75) is 13.3 Å². The van der Waals surface area contributed by atoms with Crippen LogP contribution in [0.1, 0.15) is 23.7 Å². The number of carbonyl (C=O) groups excluding carboxylic acids is 2. The van der Waals surface area contributed by atoms with E-state index in [1.165, 1.54) is 0 Å². The largest absolute Gasteiger partial charge is 0.494 e. The maximum atomic E-state index is 12.2. The summed E-state index contributed by atoms with van der Waals surface area (Å²) in [4.78, 5) is 24.0. The molecule has 0 unspecified atom stereocenters. The molecule has 0 fully saturated rings. The van der Waals surface area contributed by atoms with Gasteiger partial charge >= 0.3 is 0 Å². The van der Waals surface area contributed by atoms with Gasteiger partial charge in [-0.15, -0.1) is 0 Å². The zero-order valence-corrected chi connectivity index (χ0v) is 16.7. The van der Waals surface area contributed by atoms with Crippen molar-refractivity contribution < 1.29 is 19.1 Å². The normalized spacial score (nSPS) is 9.93. The van der Waals surface area contributed by atoms with Crippen molar-refractivity contribution in [2.75, 3.05) is 13.2 Å². The maximum absolute atomic E-state index is 12.2. The molecule has 28 heavy (non-hydrogen) atoms. The Bertz CT molecular complexity index is 830. The van der Waals surface area contributed by atoms with Gasteiger partial charge in [0, 0.05) is 10.6 Å². The van der Waals surface area contributed by atoms with E-state index >= 15 is 0 Å². The summed E-state index contributed by atoms with van der Waals surface area (Å²) >= 11 is 10.8. The molecule has 2 aromatic carbocycles. The van der Waals surface area contributed by atoms with Gasteiger partial charge in [-0.25, -0.2) is 0 Å². The molecule has 0 spiro atoms. The number of ether oxygens (including phenoxy) is 2. The van der Waals surface area contributed by atoms with E-state index < -0.39 is 11.8 Å². The highest BCUT2D eigenvalue weighted by molar-refractivity contribution is 7.80. The Morgan fingerprint density at radius 3 is 2.50 bits per heavy atom. The first kappa shape index (κ1) is 21.5. The molecule has 0 aromatic heterocycles. The first-order valence-electron chi connectivity index (χ1n) is 8.49. The summed E-state index contributed by atoms with van der Waals surface area (Å²) in [5.74, 6) is 0.203. The Kier molecular flexibility index (Phi) is 8.51. The summed E-state index contributed by atoms with van der Waals surface area (Å²) in [5.41, 5.74) is 5.17. The highest BCUT2D eigenvalue weighted by Gasteiger charge is 2.10. The third-order valence-corrected chi connectivity index (χ3v) is 3.75. The van der Waals surface area contributed by atoms with Crippen molar-refractivity contribution in [2.24, 2.45) is 0 Å². The van der Waals surface area contributed by atoms with Gasteiger partial charge < -0.3 is 9.47 Å². The molecule has 2 amide bonds. The first-order chi connectivity index (χ1) is 13.5. The lowest BCUT2D eigenvalue weighted by Gasteiger charge is -2.12. The summed E-state index contributed by atoms with van der Waals surface area (Å²) in [6.45, 7) is 2.33. The average Bonchev–Trinajstić information content (AvgIpc) is 2.70. The number of benzene rings is 2. The van der Waals surface area contributed by atoms with Crippen molar-refractivity contribution in [3.05, 3.63) is 59.1 Å². The van der Waals surface area contributed by atoms with Crippen LogP contribution >= 0.6 is 23.8 Å². The van der Waals surface area contributed by atoms with E-state index in [1.807, 2.05) is 6.92 Å². The minimum absolute atomic E-state index is 0.0512. The van der Waals surface area contributed by atoms with Gasteiger partial charge in [0.15, 0.2) is 11.7 Å². The van der Waals surface area contributed by atoms with Crippen LogP contribution in [0, 0.1) is 0 Å². The van der Waals surface area contributed by atoms with Gasteiger partial charge in [0.2, 0.25) is 0 Å². The van der Waals surface area contributed by atoms with Crippen LogP contribution in [-0.4, -0.2) is 30.1 Å². The van der Waals surface area contributed by atoms with E-state index in [0.717, 1.165) is 6.42 Å². The summed E-state index contributed by atoms with van der Waals surface area (Å²) in [6.07, 6.45) is 0.867. The zero-order chi connectivity index (χ0) is 20.4. The number of rotatable bonds is 7. The molecule has 2 rings (SSSR count). The number of hydrogen-bond donors (Lipinski definition) is 3.